The van der Waals surface area contributed by atoms with Gasteiger partial charge in [0.05, 0.1) is 28.9 Å². The number of rotatable bonds is 3. The van der Waals surface area contributed by atoms with E-state index in [0.29, 0.717) is 22.2 Å². The Morgan fingerprint density at radius 1 is 1.20 bits per heavy atom. The third-order valence-corrected chi connectivity index (χ3v) is 4.14. The molecule has 2 N–H and O–H groups in total. The van der Waals surface area contributed by atoms with Gasteiger partial charge in [-0.3, -0.25) is 4.79 Å². The summed E-state index contributed by atoms with van der Waals surface area (Å²) in [5.74, 6) is -1.44. The van der Waals surface area contributed by atoms with Crippen molar-refractivity contribution in [3.63, 3.8) is 0 Å². The molecule has 1 heterocycles. The van der Waals surface area contributed by atoms with Gasteiger partial charge in [0, 0.05) is 16.6 Å². The zero-order valence-corrected chi connectivity index (χ0v) is 14.2. The summed E-state index contributed by atoms with van der Waals surface area (Å²) < 4.78 is 18.2. The quantitative estimate of drug-likeness (QED) is 0.684. The number of carbonyl (C=O) groups is 2. The molecule has 0 radical (unpaired) electrons. The standard InChI is InChI=1S/C18H14ClFN2O3/c1-9-16(12-8-11(20)4-6-14(12)21-9)17(23)22-15-7-10(18(24)25-2)3-5-13(15)19/h3-8,21H,1-2H3,(H,22,23). The van der Waals surface area contributed by atoms with Gasteiger partial charge in [-0.1, -0.05) is 11.6 Å². The van der Waals surface area contributed by atoms with E-state index in [1.807, 2.05) is 0 Å². The predicted molar refractivity (Wildman–Crippen MR) is 93.7 cm³/mol. The lowest BCUT2D eigenvalue weighted by atomic mass is 10.1. The molecule has 0 saturated heterocycles. The summed E-state index contributed by atoms with van der Waals surface area (Å²) in [5.41, 5.74) is 2.08. The maximum absolute atomic E-state index is 13.5. The zero-order chi connectivity index (χ0) is 18.1. The molecule has 7 heteroatoms. The Kier molecular flexibility index (Phi) is 4.46. The Morgan fingerprint density at radius 2 is 1.96 bits per heavy atom. The van der Waals surface area contributed by atoms with Gasteiger partial charge in [0.2, 0.25) is 0 Å². The van der Waals surface area contributed by atoms with Crippen molar-refractivity contribution in [2.75, 3.05) is 12.4 Å². The van der Waals surface area contributed by atoms with E-state index in [1.54, 1.807) is 13.0 Å². The number of methoxy groups -OCH3 is 1. The van der Waals surface area contributed by atoms with Crippen LogP contribution in [-0.4, -0.2) is 24.0 Å². The number of anilines is 1. The van der Waals surface area contributed by atoms with Gasteiger partial charge in [-0.25, -0.2) is 9.18 Å². The van der Waals surface area contributed by atoms with Crippen LogP contribution in [-0.2, 0) is 4.74 Å². The van der Waals surface area contributed by atoms with Crippen LogP contribution in [0.3, 0.4) is 0 Å². The van der Waals surface area contributed by atoms with Gasteiger partial charge in [0.15, 0.2) is 0 Å². The predicted octanol–water partition coefficient (Wildman–Crippen LogP) is 4.31. The Balaban J connectivity index is 1.99. The van der Waals surface area contributed by atoms with Crippen molar-refractivity contribution in [2.24, 2.45) is 0 Å². The summed E-state index contributed by atoms with van der Waals surface area (Å²) in [6.07, 6.45) is 0. The number of esters is 1. The number of aromatic amines is 1. The molecule has 25 heavy (non-hydrogen) atoms. The Hall–Kier alpha value is -2.86. The van der Waals surface area contributed by atoms with Crippen LogP contribution in [0.5, 0.6) is 0 Å². The monoisotopic (exact) mass is 360 g/mol. The van der Waals surface area contributed by atoms with Gasteiger partial charge >= 0.3 is 5.97 Å². The molecule has 5 nitrogen and oxygen atoms in total. The molecule has 0 aliphatic rings. The highest BCUT2D eigenvalue weighted by atomic mass is 35.5. The SMILES string of the molecule is COC(=O)c1ccc(Cl)c(NC(=O)c2c(C)[nH]c3ccc(F)cc23)c1. The van der Waals surface area contributed by atoms with Crippen molar-refractivity contribution in [3.05, 3.63) is 64.1 Å². The van der Waals surface area contributed by atoms with E-state index in [-0.39, 0.29) is 16.3 Å². The smallest absolute Gasteiger partial charge is 0.337 e. The zero-order valence-electron chi connectivity index (χ0n) is 13.4. The number of hydrogen-bond acceptors (Lipinski definition) is 3. The number of aryl methyl sites for hydroxylation is 1. The van der Waals surface area contributed by atoms with Crippen LogP contribution in [0, 0.1) is 12.7 Å². The lowest BCUT2D eigenvalue weighted by Gasteiger charge is -2.09. The molecule has 1 amide bonds. The molecule has 0 saturated carbocycles. The molecular formula is C18H14ClFN2O3. The van der Waals surface area contributed by atoms with E-state index in [1.165, 1.54) is 37.4 Å². The van der Waals surface area contributed by atoms with Crippen molar-refractivity contribution >= 4 is 40.1 Å². The summed E-state index contributed by atoms with van der Waals surface area (Å²) in [5, 5.41) is 3.40. The molecule has 0 fully saturated rings. The first-order chi connectivity index (χ1) is 11.9. The highest BCUT2D eigenvalue weighted by Crippen LogP contribution is 2.27. The van der Waals surface area contributed by atoms with Crippen LogP contribution in [0.1, 0.15) is 26.4 Å². The van der Waals surface area contributed by atoms with E-state index in [2.05, 4.69) is 15.0 Å². The summed E-state index contributed by atoms with van der Waals surface area (Å²) in [6.45, 7) is 1.72. The second kappa shape index (κ2) is 6.57. The van der Waals surface area contributed by atoms with Gasteiger partial charge in [0.25, 0.3) is 5.91 Å². The number of H-pyrrole nitrogens is 1. The summed E-state index contributed by atoms with van der Waals surface area (Å²) in [4.78, 5) is 27.4. The second-order valence-electron chi connectivity index (χ2n) is 5.46. The van der Waals surface area contributed by atoms with Crippen LogP contribution in [0.4, 0.5) is 10.1 Å². The number of aromatic nitrogens is 1. The molecule has 128 valence electrons. The van der Waals surface area contributed by atoms with E-state index in [4.69, 9.17) is 11.6 Å². The Labute approximate surface area is 147 Å². The molecule has 0 unspecified atom stereocenters. The maximum Gasteiger partial charge on any atom is 0.337 e. The highest BCUT2D eigenvalue weighted by molar-refractivity contribution is 6.34. The van der Waals surface area contributed by atoms with Crippen LogP contribution in [0.25, 0.3) is 10.9 Å². The van der Waals surface area contributed by atoms with Crippen LogP contribution >= 0.6 is 11.6 Å². The molecule has 1 aromatic heterocycles. The first kappa shape index (κ1) is 17.0. The lowest BCUT2D eigenvalue weighted by Crippen LogP contribution is -2.14. The second-order valence-corrected chi connectivity index (χ2v) is 5.86. The van der Waals surface area contributed by atoms with Crippen molar-refractivity contribution < 1.29 is 18.7 Å². The lowest BCUT2D eigenvalue weighted by molar-refractivity contribution is 0.0600. The molecule has 2 aromatic carbocycles. The summed E-state index contributed by atoms with van der Waals surface area (Å²) >= 11 is 6.10. The van der Waals surface area contributed by atoms with Crippen molar-refractivity contribution in [3.8, 4) is 0 Å². The minimum atomic E-state index is -0.544. The van der Waals surface area contributed by atoms with Crippen LogP contribution in [0.15, 0.2) is 36.4 Å². The molecule has 0 aliphatic heterocycles. The largest absolute Gasteiger partial charge is 0.465 e. The first-order valence-electron chi connectivity index (χ1n) is 7.37. The number of carbonyl (C=O) groups excluding carboxylic acids is 2. The number of halogens is 2. The van der Waals surface area contributed by atoms with Crippen LogP contribution < -0.4 is 5.32 Å². The Morgan fingerprint density at radius 3 is 2.68 bits per heavy atom. The van der Waals surface area contributed by atoms with Crippen molar-refractivity contribution in [1.82, 2.24) is 4.98 Å². The fourth-order valence-electron chi connectivity index (χ4n) is 2.64. The van der Waals surface area contributed by atoms with Crippen LogP contribution in [0.2, 0.25) is 5.02 Å². The fourth-order valence-corrected chi connectivity index (χ4v) is 2.81. The summed E-state index contributed by atoms with van der Waals surface area (Å²) in [6, 6.07) is 8.59. The molecule has 3 aromatic rings. The fraction of sp³-hybridized carbons (Fsp3) is 0.111. The topological polar surface area (TPSA) is 71.2 Å². The van der Waals surface area contributed by atoms with Crippen molar-refractivity contribution in [2.45, 2.75) is 6.92 Å². The molecule has 0 spiro atoms. The third-order valence-electron chi connectivity index (χ3n) is 3.81. The number of hydrogen-bond donors (Lipinski definition) is 2. The highest BCUT2D eigenvalue weighted by Gasteiger charge is 2.18. The van der Waals surface area contributed by atoms with Gasteiger partial charge in [-0.2, -0.15) is 0 Å². The van der Waals surface area contributed by atoms with E-state index in [9.17, 15) is 14.0 Å². The van der Waals surface area contributed by atoms with Gasteiger partial charge in [-0.05, 0) is 43.3 Å². The molecule has 0 aliphatic carbocycles. The van der Waals surface area contributed by atoms with E-state index < -0.39 is 17.7 Å². The van der Waals surface area contributed by atoms with E-state index >= 15 is 0 Å². The molecular weight excluding hydrogens is 347 g/mol. The first-order valence-corrected chi connectivity index (χ1v) is 7.75. The maximum atomic E-state index is 13.5. The normalized spacial score (nSPS) is 10.7. The van der Waals surface area contributed by atoms with Gasteiger partial charge < -0.3 is 15.0 Å². The number of ether oxygens (including phenoxy) is 1. The molecule has 0 atom stereocenters. The minimum Gasteiger partial charge on any atom is -0.465 e. The number of nitrogens with one attached hydrogen (secondary N) is 2. The average molecular weight is 361 g/mol. The van der Waals surface area contributed by atoms with E-state index in [0.717, 1.165) is 0 Å². The third kappa shape index (κ3) is 3.21. The van der Waals surface area contributed by atoms with Gasteiger partial charge in [0.1, 0.15) is 5.82 Å². The van der Waals surface area contributed by atoms with Crippen molar-refractivity contribution in [1.29, 1.82) is 0 Å². The number of fused-ring (bicyclic) bond motifs is 1. The van der Waals surface area contributed by atoms with Gasteiger partial charge in [-0.15, -0.1) is 0 Å². The average Bonchev–Trinajstić information content (AvgIpc) is 2.91. The summed E-state index contributed by atoms with van der Waals surface area (Å²) in [7, 11) is 1.26. The number of benzene rings is 2. The number of amides is 1. The molecule has 0 bridgehead atoms. The molecule has 3 rings (SSSR count). The Bertz CT molecular complexity index is 997. The minimum absolute atomic E-state index is 0.254.